The predicted octanol–water partition coefficient (Wildman–Crippen LogP) is 2.78. The zero-order chi connectivity index (χ0) is 20.0. The van der Waals surface area contributed by atoms with Crippen molar-refractivity contribution in [3.05, 3.63) is 45.4 Å². The molecule has 1 amide bonds. The number of nitrogens with one attached hydrogen (secondary N) is 2. The van der Waals surface area contributed by atoms with Gasteiger partial charge in [-0.25, -0.2) is 13.4 Å². The molecule has 1 atom stereocenters. The lowest BCUT2D eigenvalue weighted by atomic mass is 10.1. The number of rotatable bonds is 9. The van der Waals surface area contributed by atoms with E-state index in [2.05, 4.69) is 15.0 Å². The fraction of sp³-hybridized carbons (Fsp3) is 0.444. The Hall–Kier alpha value is -1.42. The lowest BCUT2D eigenvalue weighted by Gasteiger charge is -2.19. The van der Waals surface area contributed by atoms with Crippen molar-refractivity contribution in [1.82, 2.24) is 15.0 Å². The number of thiazole rings is 1. The van der Waals surface area contributed by atoms with E-state index in [1.165, 1.54) is 11.3 Å². The Bertz CT molecular complexity index is 881. The normalized spacial score (nSPS) is 12.7. The number of hydrogen-bond acceptors (Lipinski definition) is 6. The highest BCUT2D eigenvalue weighted by Crippen LogP contribution is 2.20. The van der Waals surface area contributed by atoms with Gasteiger partial charge in [0.1, 0.15) is 6.04 Å². The fourth-order valence-corrected chi connectivity index (χ4v) is 5.15. The van der Waals surface area contributed by atoms with Crippen LogP contribution in [0.5, 0.6) is 0 Å². The first-order valence-corrected chi connectivity index (χ1v) is 12.3. The number of benzene rings is 1. The number of aromatic nitrogens is 1. The molecule has 148 valence electrons. The summed E-state index contributed by atoms with van der Waals surface area (Å²) in [5.74, 6) is 0.325. The van der Waals surface area contributed by atoms with Gasteiger partial charge in [-0.1, -0.05) is 6.07 Å². The Kier molecular flexibility index (Phi) is 7.84. The van der Waals surface area contributed by atoms with Gasteiger partial charge in [0.05, 0.1) is 22.6 Å². The monoisotopic (exact) mass is 427 g/mol. The number of thioether (sulfide) groups is 1. The van der Waals surface area contributed by atoms with Crippen molar-refractivity contribution in [1.29, 1.82) is 0 Å². The number of hydrogen-bond donors (Lipinski definition) is 2. The Morgan fingerprint density at radius 1 is 1.22 bits per heavy atom. The summed E-state index contributed by atoms with van der Waals surface area (Å²) in [4.78, 5) is 16.9. The summed E-state index contributed by atoms with van der Waals surface area (Å²) in [5, 5.41) is 4.62. The molecule has 0 spiro atoms. The van der Waals surface area contributed by atoms with Crippen LogP contribution < -0.4 is 10.0 Å². The smallest absolute Gasteiger partial charge is 0.241 e. The molecule has 0 saturated heterocycles. The first-order valence-electron chi connectivity index (χ1n) is 8.48. The second-order valence-electron chi connectivity index (χ2n) is 6.35. The molecule has 27 heavy (non-hydrogen) atoms. The molecule has 1 aromatic heterocycles. The SMILES string of the molecule is CSCC[C@H](NS(=O)(=O)c1cc(C)c(C)cc1C)C(=O)NCc1cscn1. The first kappa shape index (κ1) is 21.9. The van der Waals surface area contributed by atoms with Crippen LogP contribution in [0.3, 0.4) is 0 Å². The fourth-order valence-electron chi connectivity index (χ4n) is 2.58. The molecule has 2 N–H and O–H groups in total. The van der Waals surface area contributed by atoms with Crippen LogP contribution in [0.25, 0.3) is 0 Å². The average Bonchev–Trinajstić information content (AvgIpc) is 3.13. The number of aryl methyl sites for hydroxylation is 3. The van der Waals surface area contributed by atoms with Gasteiger partial charge >= 0.3 is 0 Å². The summed E-state index contributed by atoms with van der Waals surface area (Å²) in [6.45, 7) is 5.86. The second kappa shape index (κ2) is 9.68. The van der Waals surface area contributed by atoms with Gasteiger partial charge in [0.2, 0.25) is 15.9 Å². The lowest BCUT2D eigenvalue weighted by Crippen LogP contribution is -2.47. The third kappa shape index (κ3) is 6.03. The zero-order valence-corrected chi connectivity index (χ0v) is 18.4. The number of sulfonamides is 1. The minimum atomic E-state index is -3.81. The van der Waals surface area contributed by atoms with Crippen molar-refractivity contribution in [2.24, 2.45) is 0 Å². The highest BCUT2D eigenvalue weighted by atomic mass is 32.2. The largest absolute Gasteiger partial charge is 0.349 e. The molecule has 0 fully saturated rings. The van der Waals surface area contributed by atoms with E-state index in [0.29, 0.717) is 17.7 Å². The molecule has 9 heteroatoms. The quantitative estimate of drug-likeness (QED) is 0.642. The lowest BCUT2D eigenvalue weighted by molar-refractivity contribution is -0.122. The van der Waals surface area contributed by atoms with Crippen LogP contribution in [0.4, 0.5) is 0 Å². The van der Waals surface area contributed by atoms with Crippen molar-refractivity contribution in [2.45, 2.75) is 44.7 Å². The van der Waals surface area contributed by atoms with Gasteiger partial charge in [-0.2, -0.15) is 16.5 Å². The van der Waals surface area contributed by atoms with Crippen LogP contribution in [-0.2, 0) is 21.4 Å². The van der Waals surface area contributed by atoms with E-state index in [1.54, 1.807) is 30.3 Å². The Morgan fingerprint density at radius 3 is 2.56 bits per heavy atom. The molecule has 0 saturated carbocycles. The molecular formula is C18H25N3O3S3. The molecule has 6 nitrogen and oxygen atoms in total. The van der Waals surface area contributed by atoms with Crippen LogP contribution in [0.2, 0.25) is 0 Å². The second-order valence-corrected chi connectivity index (χ2v) is 9.74. The topological polar surface area (TPSA) is 88.2 Å². The summed E-state index contributed by atoms with van der Waals surface area (Å²) >= 11 is 3.01. The molecule has 0 bridgehead atoms. The van der Waals surface area contributed by atoms with Gasteiger partial charge in [0.15, 0.2) is 0 Å². The van der Waals surface area contributed by atoms with Crippen molar-refractivity contribution in [3.63, 3.8) is 0 Å². The predicted molar refractivity (Wildman–Crippen MR) is 112 cm³/mol. The number of carbonyl (C=O) groups is 1. The maximum atomic E-state index is 12.9. The molecule has 2 aromatic rings. The molecule has 1 heterocycles. The maximum Gasteiger partial charge on any atom is 0.241 e. The summed E-state index contributed by atoms with van der Waals surface area (Å²) in [7, 11) is -3.81. The van der Waals surface area contributed by atoms with Crippen LogP contribution >= 0.6 is 23.1 Å². The average molecular weight is 428 g/mol. The first-order chi connectivity index (χ1) is 12.7. The number of amides is 1. The van der Waals surface area contributed by atoms with E-state index in [9.17, 15) is 13.2 Å². The third-order valence-corrected chi connectivity index (χ3v) is 7.13. The molecule has 0 aliphatic heterocycles. The molecule has 2 rings (SSSR count). The van der Waals surface area contributed by atoms with Crippen molar-refractivity contribution in [3.8, 4) is 0 Å². The van der Waals surface area contributed by atoms with E-state index >= 15 is 0 Å². The van der Waals surface area contributed by atoms with Gasteiger partial charge in [-0.05, 0) is 62.0 Å². The third-order valence-electron chi connectivity index (χ3n) is 4.23. The Labute approximate surface area is 169 Å². The van der Waals surface area contributed by atoms with Crippen LogP contribution in [0.15, 0.2) is 27.9 Å². The van der Waals surface area contributed by atoms with E-state index in [-0.39, 0.29) is 17.3 Å². The van der Waals surface area contributed by atoms with Crippen LogP contribution in [0, 0.1) is 20.8 Å². The van der Waals surface area contributed by atoms with Gasteiger partial charge in [-0.15, -0.1) is 11.3 Å². The highest BCUT2D eigenvalue weighted by molar-refractivity contribution is 7.98. The summed E-state index contributed by atoms with van der Waals surface area (Å²) < 4.78 is 28.4. The minimum absolute atomic E-state index is 0.215. The maximum absolute atomic E-state index is 12.9. The number of nitrogens with zero attached hydrogens (tertiary/aromatic N) is 1. The Morgan fingerprint density at radius 2 is 1.93 bits per heavy atom. The molecule has 1 aromatic carbocycles. The minimum Gasteiger partial charge on any atom is -0.349 e. The standard InChI is InChI=1S/C18H25N3O3S3/c1-12-7-14(3)17(8-13(12)2)27(23,24)21-16(5-6-25-4)18(22)19-9-15-10-26-11-20-15/h7-8,10-11,16,21H,5-6,9H2,1-4H3,(H,19,22)/t16-/m0/s1. The van der Waals surface area contributed by atoms with Gasteiger partial charge in [0.25, 0.3) is 0 Å². The molecular weight excluding hydrogens is 402 g/mol. The van der Waals surface area contributed by atoms with E-state index in [0.717, 1.165) is 16.8 Å². The number of carbonyl (C=O) groups excluding carboxylic acids is 1. The van der Waals surface area contributed by atoms with Gasteiger partial charge in [0, 0.05) is 5.38 Å². The van der Waals surface area contributed by atoms with Crippen LogP contribution in [0.1, 0.15) is 28.8 Å². The van der Waals surface area contributed by atoms with Crippen LogP contribution in [-0.4, -0.2) is 37.4 Å². The van der Waals surface area contributed by atoms with E-state index in [1.807, 2.05) is 31.5 Å². The Balaban J connectivity index is 2.18. The summed E-state index contributed by atoms with van der Waals surface area (Å²) in [6, 6.07) is 2.68. The van der Waals surface area contributed by atoms with E-state index in [4.69, 9.17) is 0 Å². The molecule has 0 radical (unpaired) electrons. The highest BCUT2D eigenvalue weighted by Gasteiger charge is 2.26. The van der Waals surface area contributed by atoms with Crippen molar-refractivity contribution in [2.75, 3.05) is 12.0 Å². The van der Waals surface area contributed by atoms with Gasteiger partial charge < -0.3 is 5.32 Å². The molecule has 0 unspecified atom stereocenters. The van der Waals surface area contributed by atoms with Crippen molar-refractivity contribution >= 4 is 39.0 Å². The zero-order valence-electron chi connectivity index (χ0n) is 15.9. The van der Waals surface area contributed by atoms with Gasteiger partial charge in [-0.3, -0.25) is 4.79 Å². The van der Waals surface area contributed by atoms with Crippen molar-refractivity contribution < 1.29 is 13.2 Å². The summed E-state index contributed by atoms with van der Waals surface area (Å²) in [6.07, 6.45) is 2.33. The molecule has 0 aliphatic carbocycles. The van der Waals surface area contributed by atoms with E-state index < -0.39 is 16.1 Å². The summed E-state index contributed by atoms with van der Waals surface area (Å²) in [5.41, 5.74) is 5.04. The molecule has 0 aliphatic rings.